The van der Waals surface area contributed by atoms with Gasteiger partial charge in [-0.2, -0.15) is 0 Å². The molecule has 9 rings (SSSR count). The molecular weight excluding hydrogens is 717 g/mol. The maximum atomic E-state index is 11.7. The van der Waals surface area contributed by atoms with E-state index in [4.69, 9.17) is 38.9 Å². The minimum absolute atomic E-state index is 0.0339. The van der Waals surface area contributed by atoms with Crippen LogP contribution in [0.3, 0.4) is 0 Å². The molecule has 3 fully saturated rings. The number of urea groups is 1. The van der Waals surface area contributed by atoms with Crippen LogP contribution < -0.4 is 20.4 Å². The second kappa shape index (κ2) is 16.3. The Morgan fingerprint density at radius 2 is 1.62 bits per heavy atom. The molecule has 3 saturated heterocycles. The lowest BCUT2D eigenvalue weighted by molar-refractivity contribution is -0.0410. The third kappa shape index (κ3) is 7.63. The molecule has 3 aromatic heterocycles. The van der Waals surface area contributed by atoms with Gasteiger partial charge in [-0.1, -0.05) is 0 Å². The van der Waals surface area contributed by atoms with E-state index < -0.39 is 5.60 Å². The van der Waals surface area contributed by atoms with Gasteiger partial charge in [0.2, 0.25) is 0 Å². The van der Waals surface area contributed by atoms with E-state index in [-0.39, 0.29) is 18.7 Å². The maximum Gasteiger partial charge on any atom is 0.319 e. The number of aryl methyl sites for hydroxylation is 1. The fraction of sp³-hybridized carbons (Fsp3) is 0.525. The predicted octanol–water partition coefficient (Wildman–Crippen LogP) is 4.28. The van der Waals surface area contributed by atoms with E-state index in [9.17, 15) is 9.90 Å². The number of nitrogens with one attached hydrogen (secondary N) is 2. The Morgan fingerprint density at radius 1 is 0.893 bits per heavy atom. The number of ether oxygens (including phenoxy) is 4. The molecule has 8 heterocycles. The highest BCUT2D eigenvalue weighted by Crippen LogP contribution is 2.43. The van der Waals surface area contributed by atoms with E-state index in [2.05, 4.69) is 37.3 Å². The summed E-state index contributed by atoms with van der Waals surface area (Å²) >= 11 is 0. The number of carbonyl (C=O) groups is 1. The smallest absolute Gasteiger partial charge is 0.319 e. The minimum Gasteiger partial charge on any atom is -0.396 e. The van der Waals surface area contributed by atoms with Gasteiger partial charge in [0.05, 0.1) is 81.3 Å². The molecule has 2 amide bonds. The van der Waals surface area contributed by atoms with Gasteiger partial charge in [-0.05, 0) is 64.8 Å². The standard InChI is InChI=1S/C21H25N5O3.C19H25N5O3/c1-2-22-21(27)23-14-5-3-13(4-6-14)19-24-18-12-29-11-17(18)20(25-19)26-15-7-8-16(26)10-28-9-15;1-12-10-26-7-5-24(12)18-15-11-27-19(3,4-6-25)16(15)22-17(23-18)14-8-20-13(2)21-9-14/h3-6,15-16H,2,7-12H2,1H3,(H2,22,23,27);8-9,12,25H,4-7,10-11H2,1-3H3/t;12-,19?/m.0/s1. The van der Waals surface area contributed by atoms with Crippen molar-refractivity contribution >= 4 is 23.4 Å². The van der Waals surface area contributed by atoms with Gasteiger partial charge in [0.15, 0.2) is 11.6 Å². The number of aromatic nitrogens is 6. The highest BCUT2D eigenvalue weighted by Gasteiger charge is 2.42. The summed E-state index contributed by atoms with van der Waals surface area (Å²) in [5.41, 5.74) is 5.72. The molecule has 4 aromatic rings. The molecular formula is C40H50N10O6. The largest absolute Gasteiger partial charge is 0.396 e. The summed E-state index contributed by atoms with van der Waals surface area (Å²) in [6, 6.07) is 8.38. The number of amides is 2. The van der Waals surface area contributed by atoms with Crippen molar-refractivity contribution in [2.45, 2.75) is 90.5 Å². The molecule has 3 N–H and O–H groups in total. The van der Waals surface area contributed by atoms with Crippen molar-refractivity contribution in [3.63, 3.8) is 0 Å². The number of benzene rings is 1. The van der Waals surface area contributed by atoms with Gasteiger partial charge in [-0.25, -0.2) is 34.7 Å². The maximum absolute atomic E-state index is 11.7. The lowest BCUT2D eigenvalue weighted by Gasteiger charge is -2.36. The van der Waals surface area contributed by atoms with E-state index in [0.717, 1.165) is 83.6 Å². The minimum atomic E-state index is -0.627. The molecule has 16 nitrogen and oxygen atoms in total. The van der Waals surface area contributed by atoms with Crippen molar-refractivity contribution in [2.75, 3.05) is 61.2 Å². The molecule has 16 heteroatoms. The molecule has 1 aromatic carbocycles. The summed E-state index contributed by atoms with van der Waals surface area (Å²) in [7, 11) is 0. The quantitative estimate of drug-likeness (QED) is 0.231. The molecule has 0 spiro atoms. The van der Waals surface area contributed by atoms with Crippen molar-refractivity contribution < 1.29 is 28.8 Å². The van der Waals surface area contributed by atoms with Gasteiger partial charge in [-0.3, -0.25) is 0 Å². The van der Waals surface area contributed by atoms with Crippen LogP contribution in [0.1, 0.15) is 68.4 Å². The van der Waals surface area contributed by atoms with Crippen LogP contribution in [0.5, 0.6) is 0 Å². The van der Waals surface area contributed by atoms with Crippen LogP contribution in [-0.4, -0.2) is 105 Å². The lowest BCUT2D eigenvalue weighted by Crippen LogP contribution is -2.46. The first kappa shape index (κ1) is 38.0. The Hall–Kier alpha value is -4.87. The number of hydrogen-bond acceptors (Lipinski definition) is 14. The molecule has 0 radical (unpaired) electrons. The van der Waals surface area contributed by atoms with Gasteiger partial charge in [0, 0.05) is 60.9 Å². The Morgan fingerprint density at radius 3 is 2.34 bits per heavy atom. The van der Waals surface area contributed by atoms with Crippen molar-refractivity contribution in [1.29, 1.82) is 0 Å². The van der Waals surface area contributed by atoms with E-state index in [0.29, 0.717) is 75.6 Å². The van der Waals surface area contributed by atoms with Crippen LogP contribution in [0, 0.1) is 6.92 Å². The number of anilines is 3. The van der Waals surface area contributed by atoms with E-state index >= 15 is 0 Å². The first-order valence-electron chi connectivity index (χ1n) is 19.5. The average Bonchev–Trinajstić information content (AvgIpc) is 3.88. The summed E-state index contributed by atoms with van der Waals surface area (Å²) in [4.78, 5) is 44.4. The second-order valence-corrected chi connectivity index (χ2v) is 15.0. The third-order valence-electron chi connectivity index (χ3n) is 11.1. The third-order valence-corrected chi connectivity index (χ3v) is 11.1. The normalized spacial score (nSPS) is 23.6. The number of aliphatic hydroxyl groups excluding tert-OH is 1. The zero-order chi connectivity index (χ0) is 38.8. The van der Waals surface area contributed by atoms with E-state index in [1.807, 2.05) is 45.0 Å². The van der Waals surface area contributed by atoms with Crippen molar-refractivity contribution in [1.82, 2.24) is 35.2 Å². The number of carbonyl (C=O) groups excluding carboxylic acids is 1. The van der Waals surface area contributed by atoms with Gasteiger partial charge < -0.3 is 44.5 Å². The molecule has 5 aliphatic heterocycles. The van der Waals surface area contributed by atoms with Crippen LogP contribution in [0.4, 0.5) is 22.1 Å². The molecule has 56 heavy (non-hydrogen) atoms. The molecule has 2 bridgehead atoms. The molecule has 3 unspecified atom stereocenters. The zero-order valence-corrected chi connectivity index (χ0v) is 32.5. The molecule has 0 saturated carbocycles. The fourth-order valence-electron chi connectivity index (χ4n) is 8.05. The summed E-state index contributed by atoms with van der Waals surface area (Å²) in [5, 5.41) is 15.1. The Balaban J connectivity index is 0.000000158. The van der Waals surface area contributed by atoms with Crippen LogP contribution in [0.2, 0.25) is 0 Å². The second-order valence-electron chi connectivity index (χ2n) is 15.0. The fourth-order valence-corrected chi connectivity index (χ4v) is 8.05. The SMILES string of the molecule is CCNC(=O)Nc1ccc(-c2nc3c(c(N4C5CCC4COC5)n2)COC3)cc1.Cc1ncc(-c2nc(N3CCOC[C@@H]3C)c3c(n2)C(C)(CCO)OC3)cn1. The van der Waals surface area contributed by atoms with Crippen molar-refractivity contribution in [2.24, 2.45) is 0 Å². The molecule has 0 aliphatic carbocycles. The van der Waals surface area contributed by atoms with E-state index in [1.165, 1.54) is 0 Å². The number of morpholine rings is 2. The number of aliphatic hydroxyl groups is 1. The lowest BCUT2D eigenvalue weighted by atomic mass is 9.96. The van der Waals surface area contributed by atoms with Crippen molar-refractivity contribution in [3.05, 3.63) is 65.0 Å². The molecule has 5 aliphatic rings. The first-order valence-corrected chi connectivity index (χ1v) is 19.5. The van der Waals surface area contributed by atoms with Gasteiger partial charge in [0.1, 0.15) is 23.1 Å². The summed E-state index contributed by atoms with van der Waals surface area (Å²) in [6.45, 7) is 13.6. The predicted molar refractivity (Wildman–Crippen MR) is 208 cm³/mol. The van der Waals surface area contributed by atoms with E-state index in [1.54, 1.807) is 12.4 Å². The van der Waals surface area contributed by atoms with Gasteiger partial charge >= 0.3 is 6.03 Å². The first-order chi connectivity index (χ1) is 27.2. The van der Waals surface area contributed by atoms with Gasteiger partial charge in [0.25, 0.3) is 0 Å². The van der Waals surface area contributed by atoms with Crippen molar-refractivity contribution in [3.8, 4) is 22.8 Å². The Kier molecular flexibility index (Phi) is 11.1. The number of hydrogen-bond donors (Lipinski definition) is 3. The molecule has 4 atom stereocenters. The number of fused-ring (bicyclic) bond motifs is 4. The zero-order valence-electron chi connectivity index (χ0n) is 32.5. The van der Waals surface area contributed by atoms with Crippen LogP contribution in [-0.2, 0) is 44.4 Å². The highest BCUT2D eigenvalue weighted by atomic mass is 16.5. The number of rotatable bonds is 8. The summed E-state index contributed by atoms with van der Waals surface area (Å²) in [6.07, 6.45) is 6.25. The Labute approximate surface area is 326 Å². The van der Waals surface area contributed by atoms with Gasteiger partial charge in [-0.15, -0.1) is 0 Å². The highest BCUT2D eigenvalue weighted by molar-refractivity contribution is 5.89. The van der Waals surface area contributed by atoms with Crippen LogP contribution in [0.25, 0.3) is 22.8 Å². The van der Waals surface area contributed by atoms with Crippen LogP contribution >= 0.6 is 0 Å². The topological polar surface area (TPSA) is 182 Å². The average molecular weight is 767 g/mol. The Bertz CT molecular complexity index is 2020. The molecule has 296 valence electrons. The summed E-state index contributed by atoms with van der Waals surface area (Å²) < 4.78 is 23.1. The van der Waals surface area contributed by atoms with Crippen LogP contribution in [0.15, 0.2) is 36.7 Å². The monoisotopic (exact) mass is 766 g/mol. The number of nitrogens with zero attached hydrogens (tertiary/aromatic N) is 8. The summed E-state index contributed by atoms with van der Waals surface area (Å²) in [5.74, 6) is 3.86.